The van der Waals surface area contributed by atoms with Crippen LogP contribution in [0.3, 0.4) is 0 Å². The number of fused-ring (bicyclic) bond motifs is 1. The van der Waals surface area contributed by atoms with Gasteiger partial charge in [0.05, 0.1) is 18.8 Å². The summed E-state index contributed by atoms with van der Waals surface area (Å²) < 4.78 is 6.00. The maximum absolute atomic E-state index is 11.0. The third kappa shape index (κ3) is 2.86. The number of hydrazine groups is 1. The molecule has 1 saturated carbocycles. The SMILES string of the molecule is O=CC1NNC2CCC(OCc3ccccc3)CC12. The summed E-state index contributed by atoms with van der Waals surface area (Å²) in [4.78, 5) is 11.0. The molecule has 1 aliphatic carbocycles. The van der Waals surface area contributed by atoms with Crippen LogP contribution in [0.1, 0.15) is 24.8 Å². The van der Waals surface area contributed by atoms with Crippen molar-refractivity contribution >= 4 is 6.29 Å². The van der Waals surface area contributed by atoms with E-state index in [1.165, 1.54) is 5.56 Å². The molecular weight excluding hydrogens is 240 g/mol. The molecule has 1 aliphatic heterocycles. The topological polar surface area (TPSA) is 50.4 Å². The molecule has 1 heterocycles. The van der Waals surface area contributed by atoms with Gasteiger partial charge in [-0.1, -0.05) is 30.3 Å². The largest absolute Gasteiger partial charge is 0.374 e. The summed E-state index contributed by atoms with van der Waals surface area (Å²) in [6, 6.07) is 10.6. The summed E-state index contributed by atoms with van der Waals surface area (Å²) in [7, 11) is 0. The van der Waals surface area contributed by atoms with Gasteiger partial charge < -0.3 is 9.53 Å². The first kappa shape index (κ1) is 12.8. The molecule has 4 nitrogen and oxygen atoms in total. The van der Waals surface area contributed by atoms with Crippen LogP contribution >= 0.6 is 0 Å². The molecule has 2 aliphatic rings. The van der Waals surface area contributed by atoms with Crippen LogP contribution in [0.4, 0.5) is 0 Å². The van der Waals surface area contributed by atoms with Crippen molar-refractivity contribution in [3.05, 3.63) is 35.9 Å². The standard InChI is InChI=1S/C15H20N2O2/c18-9-15-13-8-12(6-7-14(13)16-17-15)19-10-11-4-2-1-3-5-11/h1-5,9,12-17H,6-8,10H2. The molecule has 1 aromatic rings. The number of carbonyl (C=O) groups is 1. The van der Waals surface area contributed by atoms with Gasteiger partial charge in [0.1, 0.15) is 6.29 Å². The lowest BCUT2D eigenvalue weighted by molar-refractivity contribution is -0.110. The van der Waals surface area contributed by atoms with Crippen LogP contribution in [0, 0.1) is 5.92 Å². The lowest BCUT2D eigenvalue weighted by atomic mass is 9.80. The first-order valence-electron chi connectivity index (χ1n) is 6.98. The Hall–Kier alpha value is -1.23. The molecule has 3 rings (SSSR count). The van der Waals surface area contributed by atoms with Gasteiger partial charge in [-0.05, 0) is 24.8 Å². The molecule has 4 heteroatoms. The summed E-state index contributed by atoms with van der Waals surface area (Å²) in [5, 5.41) is 0. The van der Waals surface area contributed by atoms with Gasteiger partial charge in [-0.3, -0.25) is 5.43 Å². The van der Waals surface area contributed by atoms with E-state index in [1.807, 2.05) is 18.2 Å². The number of carbonyl (C=O) groups excluding carboxylic acids is 1. The van der Waals surface area contributed by atoms with Gasteiger partial charge in [0.2, 0.25) is 0 Å². The fraction of sp³-hybridized carbons (Fsp3) is 0.533. The highest BCUT2D eigenvalue weighted by atomic mass is 16.5. The minimum absolute atomic E-state index is 0.0619. The number of benzene rings is 1. The second kappa shape index (κ2) is 5.82. The molecule has 1 saturated heterocycles. The molecule has 19 heavy (non-hydrogen) atoms. The van der Waals surface area contributed by atoms with Crippen molar-refractivity contribution in [2.75, 3.05) is 0 Å². The second-order valence-corrected chi connectivity index (χ2v) is 5.45. The minimum atomic E-state index is -0.0619. The van der Waals surface area contributed by atoms with Crippen LogP contribution in [0.15, 0.2) is 30.3 Å². The third-order valence-electron chi connectivity index (χ3n) is 4.22. The van der Waals surface area contributed by atoms with Crippen molar-refractivity contribution in [3.63, 3.8) is 0 Å². The van der Waals surface area contributed by atoms with Crippen molar-refractivity contribution in [3.8, 4) is 0 Å². The normalized spacial score (nSPS) is 33.9. The molecule has 1 aromatic carbocycles. The van der Waals surface area contributed by atoms with Crippen LogP contribution in [0.2, 0.25) is 0 Å². The summed E-state index contributed by atoms with van der Waals surface area (Å²) in [5.41, 5.74) is 7.49. The van der Waals surface area contributed by atoms with Crippen molar-refractivity contribution in [1.82, 2.24) is 10.9 Å². The van der Waals surface area contributed by atoms with E-state index in [0.29, 0.717) is 18.6 Å². The lowest BCUT2D eigenvalue weighted by Gasteiger charge is -2.31. The van der Waals surface area contributed by atoms with E-state index < -0.39 is 0 Å². The quantitative estimate of drug-likeness (QED) is 0.804. The monoisotopic (exact) mass is 260 g/mol. The summed E-state index contributed by atoms with van der Waals surface area (Å²) in [5.74, 6) is 0.368. The van der Waals surface area contributed by atoms with Crippen LogP contribution in [0.25, 0.3) is 0 Å². The Morgan fingerprint density at radius 1 is 1.21 bits per heavy atom. The highest BCUT2D eigenvalue weighted by Crippen LogP contribution is 2.31. The van der Waals surface area contributed by atoms with Gasteiger partial charge in [-0.2, -0.15) is 0 Å². The lowest BCUT2D eigenvalue weighted by Crippen LogP contribution is -2.38. The zero-order valence-corrected chi connectivity index (χ0v) is 10.9. The molecule has 0 amide bonds. The van der Waals surface area contributed by atoms with Gasteiger partial charge in [-0.15, -0.1) is 0 Å². The summed E-state index contributed by atoms with van der Waals surface area (Å²) >= 11 is 0. The Morgan fingerprint density at radius 2 is 2.05 bits per heavy atom. The van der Waals surface area contributed by atoms with Crippen LogP contribution in [-0.4, -0.2) is 24.5 Å². The number of ether oxygens (including phenoxy) is 1. The molecule has 0 spiro atoms. The van der Waals surface area contributed by atoms with E-state index in [4.69, 9.17) is 4.74 Å². The predicted octanol–water partition coefficient (Wildman–Crippen LogP) is 1.42. The molecule has 4 unspecified atom stereocenters. The van der Waals surface area contributed by atoms with Crippen molar-refractivity contribution in [2.24, 2.45) is 5.92 Å². The van der Waals surface area contributed by atoms with E-state index in [2.05, 4.69) is 23.0 Å². The Balaban J connectivity index is 1.54. The number of hydrogen-bond acceptors (Lipinski definition) is 4. The molecule has 0 radical (unpaired) electrons. The van der Waals surface area contributed by atoms with Gasteiger partial charge >= 0.3 is 0 Å². The van der Waals surface area contributed by atoms with Crippen molar-refractivity contribution in [1.29, 1.82) is 0 Å². The molecule has 4 atom stereocenters. The molecule has 0 bridgehead atoms. The predicted molar refractivity (Wildman–Crippen MR) is 72.3 cm³/mol. The highest BCUT2D eigenvalue weighted by Gasteiger charge is 2.40. The Bertz CT molecular complexity index is 423. The van der Waals surface area contributed by atoms with E-state index >= 15 is 0 Å². The minimum Gasteiger partial charge on any atom is -0.374 e. The van der Waals surface area contributed by atoms with E-state index in [9.17, 15) is 4.79 Å². The summed E-state index contributed by atoms with van der Waals surface area (Å²) in [6.07, 6.45) is 4.37. The Morgan fingerprint density at radius 3 is 2.84 bits per heavy atom. The fourth-order valence-electron chi connectivity index (χ4n) is 3.13. The van der Waals surface area contributed by atoms with E-state index in [0.717, 1.165) is 25.5 Å². The Labute approximate surface area is 113 Å². The number of aldehydes is 1. The van der Waals surface area contributed by atoms with Crippen molar-refractivity contribution in [2.45, 2.75) is 44.1 Å². The smallest absolute Gasteiger partial charge is 0.138 e. The average molecular weight is 260 g/mol. The third-order valence-corrected chi connectivity index (χ3v) is 4.22. The van der Waals surface area contributed by atoms with Gasteiger partial charge in [0.25, 0.3) is 0 Å². The number of nitrogens with one attached hydrogen (secondary N) is 2. The van der Waals surface area contributed by atoms with Gasteiger partial charge in [-0.25, -0.2) is 5.43 Å². The first-order chi connectivity index (χ1) is 9.36. The molecular formula is C15H20N2O2. The fourth-order valence-corrected chi connectivity index (χ4v) is 3.13. The first-order valence-corrected chi connectivity index (χ1v) is 6.98. The maximum atomic E-state index is 11.0. The highest BCUT2D eigenvalue weighted by molar-refractivity contribution is 5.59. The number of rotatable bonds is 4. The van der Waals surface area contributed by atoms with Gasteiger partial charge in [0.15, 0.2) is 0 Å². The van der Waals surface area contributed by atoms with Crippen LogP contribution in [0.5, 0.6) is 0 Å². The van der Waals surface area contributed by atoms with E-state index in [-0.39, 0.29) is 12.1 Å². The molecule has 2 N–H and O–H groups in total. The van der Waals surface area contributed by atoms with Gasteiger partial charge in [0, 0.05) is 12.0 Å². The van der Waals surface area contributed by atoms with Crippen LogP contribution in [-0.2, 0) is 16.1 Å². The molecule has 102 valence electrons. The number of hydrogen-bond donors (Lipinski definition) is 2. The van der Waals surface area contributed by atoms with Crippen molar-refractivity contribution < 1.29 is 9.53 Å². The zero-order chi connectivity index (χ0) is 13.1. The van der Waals surface area contributed by atoms with E-state index in [1.54, 1.807) is 0 Å². The Kier molecular flexibility index (Phi) is 3.92. The average Bonchev–Trinajstić information content (AvgIpc) is 2.88. The van der Waals surface area contributed by atoms with Crippen LogP contribution < -0.4 is 10.9 Å². The maximum Gasteiger partial charge on any atom is 0.138 e. The molecule has 2 fully saturated rings. The second-order valence-electron chi connectivity index (χ2n) is 5.45. The zero-order valence-electron chi connectivity index (χ0n) is 10.9. The summed E-state index contributed by atoms with van der Waals surface area (Å²) in [6.45, 7) is 0.662. The molecule has 0 aromatic heterocycles.